The Morgan fingerprint density at radius 2 is 1.71 bits per heavy atom. The average molecular weight is 439 g/mol. The molecule has 0 unspecified atom stereocenters. The third-order valence-electron chi connectivity index (χ3n) is 6.27. The fraction of sp³-hybridized carbons (Fsp3) is 0.348. The van der Waals surface area contributed by atoms with Crippen molar-refractivity contribution in [2.45, 2.75) is 36.2 Å². The highest BCUT2D eigenvalue weighted by molar-refractivity contribution is 8.00. The molecule has 8 heteroatoms. The number of carbonyl (C=O) groups is 3. The zero-order valence-corrected chi connectivity index (χ0v) is 17.5. The molecule has 0 spiro atoms. The van der Waals surface area contributed by atoms with Crippen LogP contribution in [0.5, 0.6) is 0 Å². The molecule has 3 aliphatic rings. The molecular formula is C23H22N2O5S. The molecule has 5 rings (SSSR count). The number of amides is 2. The molecule has 2 aromatic rings. The van der Waals surface area contributed by atoms with Gasteiger partial charge in [-0.25, -0.2) is 9.59 Å². The summed E-state index contributed by atoms with van der Waals surface area (Å²) in [7, 11) is 0. The van der Waals surface area contributed by atoms with Crippen LogP contribution in [0.25, 0.3) is 11.1 Å². The van der Waals surface area contributed by atoms with Crippen molar-refractivity contribution in [3.8, 4) is 11.1 Å². The van der Waals surface area contributed by atoms with Gasteiger partial charge in [-0.3, -0.25) is 4.79 Å². The number of carboxylic acid groups (broad SMARTS) is 1. The topological polar surface area (TPSA) is 95.9 Å². The Kier molecular flexibility index (Phi) is 5.09. The molecule has 31 heavy (non-hydrogen) atoms. The van der Waals surface area contributed by atoms with E-state index in [0.29, 0.717) is 18.6 Å². The summed E-state index contributed by atoms with van der Waals surface area (Å²) in [5.74, 6) is -1.04. The highest BCUT2D eigenvalue weighted by Crippen LogP contribution is 2.44. The van der Waals surface area contributed by atoms with Crippen molar-refractivity contribution < 1.29 is 24.2 Å². The molecule has 1 aliphatic carbocycles. The summed E-state index contributed by atoms with van der Waals surface area (Å²) < 4.78 is 5.53. The van der Waals surface area contributed by atoms with Crippen molar-refractivity contribution >= 4 is 29.7 Å². The number of piperidine rings is 1. The van der Waals surface area contributed by atoms with Crippen LogP contribution in [-0.4, -0.2) is 57.8 Å². The van der Waals surface area contributed by atoms with E-state index >= 15 is 0 Å². The number of carbonyl (C=O) groups excluding carboxylic acids is 2. The molecule has 2 heterocycles. The molecule has 160 valence electrons. The summed E-state index contributed by atoms with van der Waals surface area (Å²) in [5.41, 5.74) is 4.52. The van der Waals surface area contributed by atoms with E-state index in [2.05, 4.69) is 17.4 Å². The van der Waals surface area contributed by atoms with E-state index in [9.17, 15) is 19.5 Å². The van der Waals surface area contributed by atoms with Crippen LogP contribution in [0, 0.1) is 0 Å². The minimum Gasteiger partial charge on any atom is -0.480 e. The molecule has 2 N–H and O–H groups in total. The SMILES string of the molecule is O=C(N[C@H]1CC[C@@H]2SC[C@@H](C(=O)O)N2C1=O)OCC1c2ccccc2-c2ccccc21. The lowest BCUT2D eigenvalue weighted by molar-refractivity contribution is -0.151. The zero-order chi connectivity index (χ0) is 21.5. The Morgan fingerprint density at radius 3 is 2.35 bits per heavy atom. The summed E-state index contributed by atoms with van der Waals surface area (Å²) in [5, 5.41) is 11.9. The number of ether oxygens (including phenoxy) is 1. The first-order valence-corrected chi connectivity index (χ1v) is 11.4. The maximum atomic E-state index is 12.8. The molecule has 0 aromatic heterocycles. The lowest BCUT2D eigenvalue weighted by atomic mass is 9.98. The monoisotopic (exact) mass is 438 g/mol. The van der Waals surface area contributed by atoms with E-state index in [1.165, 1.54) is 16.7 Å². The van der Waals surface area contributed by atoms with Crippen molar-refractivity contribution in [3.05, 3.63) is 59.7 Å². The molecule has 2 amide bonds. The van der Waals surface area contributed by atoms with E-state index in [4.69, 9.17) is 4.74 Å². The quantitative estimate of drug-likeness (QED) is 0.762. The summed E-state index contributed by atoms with van der Waals surface area (Å²) >= 11 is 1.48. The number of rotatable bonds is 4. The molecule has 2 aliphatic heterocycles. The predicted molar refractivity (Wildman–Crippen MR) is 116 cm³/mol. The van der Waals surface area contributed by atoms with Gasteiger partial charge in [0.1, 0.15) is 18.7 Å². The minimum absolute atomic E-state index is 0.0593. The Bertz CT molecular complexity index is 1010. The second-order valence-electron chi connectivity index (χ2n) is 7.99. The highest BCUT2D eigenvalue weighted by Gasteiger charge is 2.47. The largest absolute Gasteiger partial charge is 0.480 e. The van der Waals surface area contributed by atoms with Gasteiger partial charge >= 0.3 is 12.1 Å². The van der Waals surface area contributed by atoms with Crippen LogP contribution in [-0.2, 0) is 14.3 Å². The number of benzene rings is 2. The van der Waals surface area contributed by atoms with Crippen LogP contribution in [0.1, 0.15) is 29.9 Å². The number of thioether (sulfide) groups is 1. The number of alkyl carbamates (subject to hydrolysis) is 1. The number of hydrogen-bond donors (Lipinski definition) is 2. The molecule has 0 saturated carbocycles. The number of nitrogens with zero attached hydrogens (tertiary/aromatic N) is 1. The van der Waals surface area contributed by atoms with Crippen molar-refractivity contribution in [2.75, 3.05) is 12.4 Å². The Hall–Kier alpha value is -3.00. The van der Waals surface area contributed by atoms with E-state index in [1.807, 2.05) is 36.4 Å². The van der Waals surface area contributed by atoms with Crippen LogP contribution in [0.3, 0.4) is 0 Å². The smallest absolute Gasteiger partial charge is 0.407 e. The second-order valence-corrected chi connectivity index (χ2v) is 9.20. The van der Waals surface area contributed by atoms with Crippen molar-refractivity contribution in [3.63, 3.8) is 0 Å². The molecule has 7 nitrogen and oxygen atoms in total. The van der Waals surface area contributed by atoms with Gasteiger partial charge in [0, 0.05) is 11.7 Å². The zero-order valence-electron chi connectivity index (χ0n) is 16.7. The highest BCUT2D eigenvalue weighted by atomic mass is 32.2. The molecule has 0 bridgehead atoms. The third kappa shape index (κ3) is 3.44. The number of hydrogen-bond acceptors (Lipinski definition) is 5. The van der Waals surface area contributed by atoms with Crippen LogP contribution in [0.15, 0.2) is 48.5 Å². The molecule has 0 radical (unpaired) electrons. The fourth-order valence-electron chi connectivity index (χ4n) is 4.80. The maximum Gasteiger partial charge on any atom is 0.407 e. The van der Waals surface area contributed by atoms with Gasteiger partial charge in [0.05, 0.1) is 5.37 Å². The first-order valence-electron chi connectivity index (χ1n) is 10.3. The van der Waals surface area contributed by atoms with Crippen molar-refractivity contribution in [1.82, 2.24) is 10.2 Å². The lowest BCUT2D eigenvalue weighted by Gasteiger charge is -2.36. The van der Waals surface area contributed by atoms with Crippen LogP contribution in [0.2, 0.25) is 0 Å². The fourth-order valence-corrected chi connectivity index (χ4v) is 6.22. The van der Waals surface area contributed by atoms with Gasteiger partial charge in [0.25, 0.3) is 0 Å². The van der Waals surface area contributed by atoms with Gasteiger partial charge in [-0.1, -0.05) is 48.5 Å². The number of fused-ring (bicyclic) bond motifs is 4. The Balaban J connectivity index is 1.25. The normalized spacial score (nSPS) is 24.3. The molecular weight excluding hydrogens is 416 g/mol. The molecule has 2 aromatic carbocycles. The van der Waals surface area contributed by atoms with Crippen molar-refractivity contribution in [1.29, 1.82) is 0 Å². The Labute approximate surface area is 183 Å². The Morgan fingerprint density at radius 1 is 1.06 bits per heavy atom. The maximum absolute atomic E-state index is 12.8. The van der Waals surface area contributed by atoms with E-state index in [-0.39, 0.29) is 23.8 Å². The number of aliphatic carboxylic acids is 1. The van der Waals surface area contributed by atoms with E-state index < -0.39 is 24.1 Å². The number of carboxylic acids is 1. The van der Waals surface area contributed by atoms with Crippen molar-refractivity contribution in [2.24, 2.45) is 0 Å². The summed E-state index contributed by atoms with van der Waals surface area (Å²) in [6, 6.07) is 14.6. The molecule has 3 atom stereocenters. The van der Waals surface area contributed by atoms with Crippen LogP contribution < -0.4 is 5.32 Å². The average Bonchev–Trinajstić information content (AvgIpc) is 3.34. The van der Waals surface area contributed by atoms with Gasteiger partial charge < -0.3 is 20.1 Å². The standard InChI is InChI=1S/C23H22N2O5S/c26-21-18(9-10-20-25(21)19(12-31-20)22(27)28)24-23(29)30-11-17-15-7-3-1-5-13(15)14-6-2-4-8-16(14)17/h1-8,17-20H,9-12H2,(H,24,29)(H,27,28)/t18-,19-,20-/m0/s1. The van der Waals surface area contributed by atoms with Gasteiger partial charge in [-0.05, 0) is 35.1 Å². The van der Waals surface area contributed by atoms with Crippen LogP contribution in [0.4, 0.5) is 4.79 Å². The van der Waals surface area contributed by atoms with Gasteiger partial charge in [0.2, 0.25) is 5.91 Å². The van der Waals surface area contributed by atoms with E-state index in [1.54, 1.807) is 0 Å². The number of nitrogens with one attached hydrogen (secondary N) is 1. The van der Waals surface area contributed by atoms with E-state index in [0.717, 1.165) is 22.3 Å². The lowest BCUT2D eigenvalue weighted by Crippen LogP contribution is -2.57. The summed E-state index contributed by atoms with van der Waals surface area (Å²) in [4.78, 5) is 38.2. The first kappa shape index (κ1) is 19.9. The first-order chi connectivity index (χ1) is 15.0. The molecule has 2 saturated heterocycles. The summed E-state index contributed by atoms with van der Waals surface area (Å²) in [6.45, 7) is 0.167. The van der Waals surface area contributed by atoms with Crippen LogP contribution >= 0.6 is 11.8 Å². The predicted octanol–water partition coefficient (Wildman–Crippen LogP) is 3.04. The van der Waals surface area contributed by atoms with Gasteiger partial charge in [-0.2, -0.15) is 0 Å². The second kappa shape index (κ2) is 7.92. The molecule has 2 fully saturated rings. The van der Waals surface area contributed by atoms with Gasteiger partial charge in [0.15, 0.2) is 0 Å². The third-order valence-corrected chi connectivity index (χ3v) is 7.62. The van der Waals surface area contributed by atoms with Gasteiger partial charge in [-0.15, -0.1) is 11.8 Å². The minimum atomic E-state index is -1.01. The summed E-state index contributed by atoms with van der Waals surface area (Å²) in [6.07, 6.45) is 0.468.